The van der Waals surface area contributed by atoms with Crippen molar-refractivity contribution in [1.82, 2.24) is 14.6 Å². The molecule has 0 bridgehead atoms. The Morgan fingerprint density at radius 2 is 2.05 bits per heavy atom. The fourth-order valence-corrected chi connectivity index (χ4v) is 2.66. The molecule has 112 valence electrons. The van der Waals surface area contributed by atoms with Gasteiger partial charge in [-0.3, -0.25) is 4.79 Å². The number of aryl methyl sites for hydroxylation is 1. The van der Waals surface area contributed by atoms with Crippen molar-refractivity contribution in [3.8, 4) is 16.9 Å². The number of hydrogen-bond acceptors (Lipinski definition) is 5. The van der Waals surface area contributed by atoms with Crippen LogP contribution in [0.4, 0.5) is 5.69 Å². The molecule has 2 heterocycles. The summed E-state index contributed by atoms with van der Waals surface area (Å²) in [7, 11) is 0. The summed E-state index contributed by atoms with van der Waals surface area (Å²) in [6.07, 6.45) is 3.01. The van der Waals surface area contributed by atoms with Crippen molar-refractivity contribution in [2.24, 2.45) is 5.73 Å². The lowest BCUT2D eigenvalue weighted by molar-refractivity contribution is 0.100. The molecule has 1 amide bonds. The summed E-state index contributed by atoms with van der Waals surface area (Å²) < 4.78 is 1.45. The largest absolute Gasteiger partial charge is 0.508 e. The van der Waals surface area contributed by atoms with E-state index in [2.05, 4.69) is 10.1 Å². The Bertz CT molecular complexity index is 914. The van der Waals surface area contributed by atoms with Crippen molar-refractivity contribution in [3.63, 3.8) is 0 Å². The van der Waals surface area contributed by atoms with Gasteiger partial charge in [0.25, 0.3) is 5.91 Å². The molecule has 0 spiro atoms. The van der Waals surface area contributed by atoms with Gasteiger partial charge in [0, 0.05) is 11.8 Å². The third kappa shape index (κ3) is 1.86. The molecular formula is C15H15N5O2. The molecule has 7 nitrogen and oxygen atoms in total. The number of nitrogens with two attached hydrogens (primary N) is 2. The van der Waals surface area contributed by atoms with Gasteiger partial charge in [0.15, 0.2) is 5.65 Å². The molecule has 7 heteroatoms. The molecule has 2 aromatic heterocycles. The fourth-order valence-electron chi connectivity index (χ4n) is 2.66. The molecule has 0 aliphatic heterocycles. The van der Waals surface area contributed by atoms with Gasteiger partial charge in [-0.1, -0.05) is 6.07 Å². The average Bonchev–Trinajstić information content (AvgIpc) is 2.91. The third-order valence-corrected chi connectivity index (χ3v) is 3.77. The van der Waals surface area contributed by atoms with Gasteiger partial charge in [0.05, 0.1) is 5.69 Å². The van der Waals surface area contributed by atoms with Crippen LogP contribution in [-0.2, 0) is 0 Å². The number of nitrogen functional groups attached to an aromatic ring is 1. The molecule has 0 saturated carbocycles. The Hall–Kier alpha value is -3.09. The van der Waals surface area contributed by atoms with Crippen LogP contribution in [-0.4, -0.2) is 25.6 Å². The number of phenolic OH excluding ortho intramolecular Hbond substituents is 1. The lowest BCUT2D eigenvalue weighted by atomic mass is 9.93. The maximum absolute atomic E-state index is 11.8. The molecule has 0 saturated heterocycles. The van der Waals surface area contributed by atoms with Crippen LogP contribution < -0.4 is 11.5 Å². The highest BCUT2D eigenvalue weighted by Crippen LogP contribution is 2.37. The number of phenols is 1. The van der Waals surface area contributed by atoms with E-state index in [0.29, 0.717) is 16.8 Å². The zero-order valence-corrected chi connectivity index (χ0v) is 12.2. The van der Waals surface area contributed by atoms with E-state index in [1.807, 2.05) is 6.92 Å². The molecule has 0 fully saturated rings. The van der Waals surface area contributed by atoms with Crippen LogP contribution in [0.25, 0.3) is 16.8 Å². The Morgan fingerprint density at radius 1 is 1.32 bits per heavy atom. The van der Waals surface area contributed by atoms with Crippen LogP contribution in [0.1, 0.15) is 21.5 Å². The summed E-state index contributed by atoms with van der Waals surface area (Å²) in [5.74, 6) is -0.521. The number of primary amides is 1. The van der Waals surface area contributed by atoms with E-state index < -0.39 is 5.91 Å². The van der Waals surface area contributed by atoms with Crippen molar-refractivity contribution in [1.29, 1.82) is 0 Å². The predicted octanol–water partition coefficient (Wildman–Crippen LogP) is 1.40. The maximum Gasteiger partial charge on any atom is 0.254 e. The smallest absolute Gasteiger partial charge is 0.254 e. The summed E-state index contributed by atoms with van der Waals surface area (Å²) in [6.45, 7) is 3.68. The summed E-state index contributed by atoms with van der Waals surface area (Å²) >= 11 is 0. The van der Waals surface area contributed by atoms with Crippen molar-refractivity contribution < 1.29 is 9.90 Å². The summed E-state index contributed by atoms with van der Waals surface area (Å²) in [4.78, 5) is 15.8. The summed E-state index contributed by atoms with van der Waals surface area (Å²) in [5, 5.41) is 14.0. The van der Waals surface area contributed by atoms with Gasteiger partial charge in [-0.2, -0.15) is 5.10 Å². The molecule has 3 rings (SSSR count). The minimum atomic E-state index is -0.673. The first-order valence-electron chi connectivity index (χ1n) is 6.63. The highest BCUT2D eigenvalue weighted by atomic mass is 16.3. The summed E-state index contributed by atoms with van der Waals surface area (Å²) in [5.41, 5.74) is 15.2. The molecule has 0 radical (unpaired) electrons. The molecule has 0 atom stereocenters. The molecule has 0 aliphatic carbocycles. The minimum absolute atomic E-state index is 0.122. The predicted molar refractivity (Wildman–Crippen MR) is 82.5 cm³/mol. The van der Waals surface area contributed by atoms with Gasteiger partial charge in [-0.25, -0.2) is 9.50 Å². The van der Waals surface area contributed by atoms with E-state index in [0.717, 1.165) is 11.1 Å². The lowest BCUT2D eigenvalue weighted by Gasteiger charge is -2.15. The van der Waals surface area contributed by atoms with Crippen LogP contribution in [0.2, 0.25) is 0 Å². The molecule has 3 aromatic rings. The number of rotatable bonds is 2. The Balaban J connectivity index is 2.45. The van der Waals surface area contributed by atoms with Crippen LogP contribution in [0, 0.1) is 13.8 Å². The lowest BCUT2D eigenvalue weighted by Crippen LogP contribution is -2.16. The Kier molecular flexibility index (Phi) is 2.98. The molecule has 1 aromatic carbocycles. The zero-order chi connectivity index (χ0) is 16.0. The Morgan fingerprint density at radius 3 is 2.73 bits per heavy atom. The number of aromatic nitrogens is 3. The normalized spacial score (nSPS) is 11.0. The summed E-state index contributed by atoms with van der Waals surface area (Å²) in [6, 6.07) is 3.40. The van der Waals surface area contributed by atoms with E-state index >= 15 is 0 Å². The number of aromatic hydroxyl groups is 1. The first-order valence-corrected chi connectivity index (χ1v) is 6.63. The fraction of sp³-hybridized carbons (Fsp3) is 0.133. The third-order valence-electron chi connectivity index (χ3n) is 3.77. The number of carbonyl (C=O) groups is 1. The number of nitrogens with zero attached hydrogens (tertiary/aromatic N) is 3. The van der Waals surface area contributed by atoms with Gasteiger partial charge in [0.2, 0.25) is 0 Å². The van der Waals surface area contributed by atoms with E-state index in [1.54, 1.807) is 25.3 Å². The van der Waals surface area contributed by atoms with Gasteiger partial charge in [0.1, 0.15) is 17.6 Å². The van der Waals surface area contributed by atoms with E-state index in [-0.39, 0.29) is 17.0 Å². The number of anilines is 1. The van der Waals surface area contributed by atoms with E-state index in [4.69, 9.17) is 11.5 Å². The number of carbonyl (C=O) groups excluding carboxylic acids is 1. The number of pyridine rings is 1. The number of amides is 1. The highest BCUT2D eigenvalue weighted by Gasteiger charge is 2.21. The van der Waals surface area contributed by atoms with Gasteiger partial charge >= 0.3 is 0 Å². The second kappa shape index (κ2) is 4.73. The van der Waals surface area contributed by atoms with Crippen LogP contribution in [0.3, 0.4) is 0 Å². The van der Waals surface area contributed by atoms with E-state index in [9.17, 15) is 9.90 Å². The maximum atomic E-state index is 11.8. The number of hydrogen-bond donors (Lipinski definition) is 3. The molecule has 0 unspecified atom stereocenters. The van der Waals surface area contributed by atoms with E-state index in [1.165, 1.54) is 10.8 Å². The van der Waals surface area contributed by atoms with Gasteiger partial charge < -0.3 is 16.6 Å². The van der Waals surface area contributed by atoms with Crippen LogP contribution >= 0.6 is 0 Å². The van der Waals surface area contributed by atoms with Crippen molar-refractivity contribution in [3.05, 3.63) is 41.3 Å². The van der Waals surface area contributed by atoms with Crippen molar-refractivity contribution >= 4 is 17.2 Å². The quantitative estimate of drug-likeness (QED) is 0.660. The first kappa shape index (κ1) is 13.9. The molecule has 5 N–H and O–H groups in total. The monoisotopic (exact) mass is 297 g/mol. The zero-order valence-electron chi connectivity index (χ0n) is 12.2. The number of fused-ring (bicyclic) bond motifs is 1. The van der Waals surface area contributed by atoms with Gasteiger partial charge in [-0.15, -0.1) is 0 Å². The number of benzene rings is 1. The standard InChI is InChI=1S/C15H15N5O2/c1-7-3-4-10(21)8(2)11(7)9-5-20-15(18-6-19-20)12(13(9)16)14(17)22/h3-6,21H,16H2,1-2H3,(H2,17,22). The van der Waals surface area contributed by atoms with Gasteiger partial charge in [-0.05, 0) is 36.6 Å². The minimum Gasteiger partial charge on any atom is -0.508 e. The van der Waals surface area contributed by atoms with Crippen LogP contribution in [0.5, 0.6) is 5.75 Å². The highest BCUT2D eigenvalue weighted by molar-refractivity contribution is 6.07. The average molecular weight is 297 g/mol. The second-order valence-corrected chi connectivity index (χ2v) is 5.13. The topological polar surface area (TPSA) is 120 Å². The first-order chi connectivity index (χ1) is 10.4. The Labute approximate surface area is 126 Å². The van der Waals surface area contributed by atoms with Crippen molar-refractivity contribution in [2.75, 3.05) is 5.73 Å². The van der Waals surface area contributed by atoms with Crippen molar-refractivity contribution in [2.45, 2.75) is 13.8 Å². The molecule has 0 aliphatic rings. The SMILES string of the molecule is Cc1ccc(O)c(C)c1-c1cn2ncnc2c(C(N)=O)c1N. The molecular weight excluding hydrogens is 282 g/mol. The van der Waals surface area contributed by atoms with Crippen LogP contribution in [0.15, 0.2) is 24.7 Å². The molecule has 22 heavy (non-hydrogen) atoms. The second-order valence-electron chi connectivity index (χ2n) is 5.13.